The zero-order chi connectivity index (χ0) is 18.8. The van der Waals surface area contributed by atoms with Crippen LogP contribution in [0.25, 0.3) is 11.0 Å². The Morgan fingerprint density at radius 3 is 2.56 bits per heavy atom. The van der Waals surface area contributed by atoms with Crippen molar-refractivity contribution in [1.29, 1.82) is 0 Å². The van der Waals surface area contributed by atoms with Crippen molar-refractivity contribution in [3.05, 3.63) is 54.1 Å². The lowest BCUT2D eigenvalue weighted by Crippen LogP contribution is -2.51. The van der Waals surface area contributed by atoms with E-state index in [1.807, 2.05) is 25.1 Å². The van der Waals surface area contributed by atoms with Crippen molar-refractivity contribution in [3.63, 3.8) is 0 Å². The van der Waals surface area contributed by atoms with E-state index in [-0.39, 0.29) is 5.91 Å². The van der Waals surface area contributed by atoms with Gasteiger partial charge in [0.1, 0.15) is 0 Å². The normalized spacial score (nSPS) is 14.4. The highest BCUT2D eigenvalue weighted by Crippen LogP contribution is 2.17. The van der Waals surface area contributed by atoms with Crippen LogP contribution in [0, 0.1) is 6.92 Å². The molecule has 138 valence electrons. The Bertz CT molecular complexity index is 977. The highest BCUT2D eigenvalue weighted by molar-refractivity contribution is 5.94. The molecule has 0 bridgehead atoms. The molecule has 2 aromatic heterocycles. The average molecular weight is 365 g/mol. The summed E-state index contributed by atoms with van der Waals surface area (Å²) in [5, 5.41) is 0. The second-order valence-corrected chi connectivity index (χ2v) is 6.39. The average Bonchev–Trinajstić information content (AvgIpc) is 3.14. The first kappa shape index (κ1) is 17.0. The fourth-order valence-electron chi connectivity index (χ4n) is 3.09. The second-order valence-electron chi connectivity index (χ2n) is 6.39. The van der Waals surface area contributed by atoms with E-state index in [0.29, 0.717) is 37.8 Å². The number of hydrogen-bond donors (Lipinski definition) is 1. The standard InChI is InChI=1S/C19H19N5O3/c1-13-4-2-6-15-16(13)22-17(21-15)18(25)23-8-10-24(11-9-23)19(26)27-14-5-3-7-20-12-14/h2-7,12H,8-11H2,1H3,(H,21,22). The molecule has 0 radical (unpaired) electrons. The lowest BCUT2D eigenvalue weighted by Gasteiger charge is -2.33. The zero-order valence-electron chi connectivity index (χ0n) is 14.9. The number of amides is 2. The van der Waals surface area contributed by atoms with Gasteiger partial charge in [-0.25, -0.2) is 9.78 Å². The molecule has 0 spiro atoms. The molecule has 2 amide bonds. The number of carbonyl (C=O) groups is 2. The topological polar surface area (TPSA) is 91.4 Å². The van der Waals surface area contributed by atoms with Crippen LogP contribution in [0.4, 0.5) is 4.79 Å². The third kappa shape index (κ3) is 3.46. The van der Waals surface area contributed by atoms with Crippen LogP contribution < -0.4 is 4.74 Å². The molecule has 3 aromatic rings. The van der Waals surface area contributed by atoms with Gasteiger partial charge < -0.3 is 19.5 Å². The Kier molecular flexibility index (Phi) is 4.45. The number of ether oxygens (including phenoxy) is 1. The summed E-state index contributed by atoms with van der Waals surface area (Å²) >= 11 is 0. The molecule has 1 aromatic carbocycles. The number of aryl methyl sites for hydroxylation is 1. The fraction of sp³-hybridized carbons (Fsp3) is 0.263. The predicted molar refractivity (Wildman–Crippen MR) is 98.6 cm³/mol. The molecule has 1 N–H and O–H groups in total. The van der Waals surface area contributed by atoms with Crippen LogP contribution in [0.1, 0.15) is 16.2 Å². The van der Waals surface area contributed by atoms with Crippen molar-refractivity contribution in [2.45, 2.75) is 6.92 Å². The van der Waals surface area contributed by atoms with E-state index < -0.39 is 6.09 Å². The number of rotatable bonds is 2. The quantitative estimate of drug-likeness (QED) is 0.752. The van der Waals surface area contributed by atoms with Gasteiger partial charge >= 0.3 is 6.09 Å². The van der Waals surface area contributed by atoms with Crippen LogP contribution in [-0.4, -0.2) is 62.9 Å². The number of H-pyrrole nitrogens is 1. The van der Waals surface area contributed by atoms with E-state index in [1.54, 1.807) is 28.1 Å². The molecule has 1 fully saturated rings. The number of hydrogen-bond acceptors (Lipinski definition) is 5. The number of nitrogens with one attached hydrogen (secondary N) is 1. The van der Waals surface area contributed by atoms with Crippen molar-refractivity contribution in [2.75, 3.05) is 26.2 Å². The molecule has 8 heteroatoms. The number of para-hydroxylation sites is 1. The van der Waals surface area contributed by atoms with Crippen LogP contribution >= 0.6 is 0 Å². The molecule has 27 heavy (non-hydrogen) atoms. The van der Waals surface area contributed by atoms with Crippen LogP contribution in [0.2, 0.25) is 0 Å². The molecule has 1 aliphatic heterocycles. The van der Waals surface area contributed by atoms with E-state index >= 15 is 0 Å². The first-order valence-corrected chi connectivity index (χ1v) is 8.73. The minimum atomic E-state index is -0.436. The van der Waals surface area contributed by atoms with Crippen molar-refractivity contribution in [2.24, 2.45) is 0 Å². The van der Waals surface area contributed by atoms with Crippen LogP contribution in [-0.2, 0) is 0 Å². The van der Waals surface area contributed by atoms with Crippen molar-refractivity contribution >= 4 is 23.0 Å². The first-order valence-electron chi connectivity index (χ1n) is 8.73. The Morgan fingerprint density at radius 2 is 1.85 bits per heavy atom. The Morgan fingerprint density at radius 1 is 1.07 bits per heavy atom. The van der Waals surface area contributed by atoms with Gasteiger partial charge in [-0.05, 0) is 30.7 Å². The van der Waals surface area contributed by atoms with E-state index in [4.69, 9.17) is 4.74 Å². The highest BCUT2D eigenvalue weighted by Gasteiger charge is 2.27. The SMILES string of the molecule is Cc1cccc2[nH]c(C(=O)N3CCN(C(=O)Oc4cccnc4)CC3)nc12. The number of pyridine rings is 1. The number of nitrogens with zero attached hydrogens (tertiary/aromatic N) is 4. The van der Waals surface area contributed by atoms with Crippen molar-refractivity contribution in [1.82, 2.24) is 24.8 Å². The third-order valence-electron chi connectivity index (χ3n) is 4.58. The van der Waals surface area contributed by atoms with E-state index in [2.05, 4.69) is 15.0 Å². The summed E-state index contributed by atoms with van der Waals surface area (Å²) in [7, 11) is 0. The summed E-state index contributed by atoms with van der Waals surface area (Å²) in [5.41, 5.74) is 2.67. The van der Waals surface area contributed by atoms with E-state index in [0.717, 1.165) is 16.6 Å². The number of fused-ring (bicyclic) bond motifs is 1. The van der Waals surface area contributed by atoms with E-state index in [9.17, 15) is 9.59 Å². The van der Waals surface area contributed by atoms with Gasteiger partial charge in [-0.15, -0.1) is 0 Å². The summed E-state index contributed by atoms with van der Waals surface area (Å²) in [6, 6.07) is 9.17. The zero-order valence-corrected chi connectivity index (χ0v) is 14.9. The maximum atomic E-state index is 12.7. The molecular formula is C19H19N5O3. The minimum Gasteiger partial charge on any atom is -0.409 e. The molecule has 1 aliphatic rings. The van der Waals surface area contributed by atoms with Crippen molar-refractivity contribution in [3.8, 4) is 5.75 Å². The number of carbonyl (C=O) groups excluding carboxylic acids is 2. The number of piperazine rings is 1. The lowest BCUT2D eigenvalue weighted by molar-refractivity contribution is 0.0623. The maximum absolute atomic E-state index is 12.7. The van der Waals surface area contributed by atoms with E-state index in [1.165, 1.54) is 6.20 Å². The Hall–Kier alpha value is -3.42. The van der Waals surface area contributed by atoms with Crippen molar-refractivity contribution < 1.29 is 14.3 Å². The van der Waals surface area contributed by atoms with Gasteiger partial charge in [0.2, 0.25) is 0 Å². The molecule has 3 heterocycles. The van der Waals surface area contributed by atoms with Gasteiger partial charge in [-0.3, -0.25) is 9.78 Å². The molecular weight excluding hydrogens is 346 g/mol. The van der Waals surface area contributed by atoms with Gasteiger partial charge in [0.15, 0.2) is 11.6 Å². The Labute approximate surface area is 155 Å². The predicted octanol–water partition coefficient (Wildman–Crippen LogP) is 2.22. The molecule has 0 saturated carbocycles. The molecule has 0 unspecified atom stereocenters. The van der Waals surface area contributed by atoms with Crippen LogP contribution in [0.3, 0.4) is 0 Å². The largest absolute Gasteiger partial charge is 0.415 e. The lowest BCUT2D eigenvalue weighted by atomic mass is 10.2. The first-order chi connectivity index (χ1) is 13.1. The maximum Gasteiger partial charge on any atom is 0.415 e. The molecule has 0 atom stereocenters. The van der Waals surface area contributed by atoms with Gasteiger partial charge in [0.05, 0.1) is 17.2 Å². The highest BCUT2D eigenvalue weighted by atomic mass is 16.6. The van der Waals surface area contributed by atoms with Gasteiger partial charge in [0.25, 0.3) is 5.91 Å². The smallest absolute Gasteiger partial charge is 0.409 e. The number of benzene rings is 1. The summed E-state index contributed by atoms with van der Waals surface area (Å²) in [6.07, 6.45) is 2.66. The second kappa shape index (κ2) is 7.06. The van der Waals surface area contributed by atoms with Gasteiger partial charge in [0, 0.05) is 32.4 Å². The molecule has 8 nitrogen and oxygen atoms in total. The molecule has 4 rings (SSSR count). The van der Waals surface area contributed by atoms with Gasteiger partial charge in [-0.2, -0.15) is 0 Å². The third-order valence-corrected chi connectivity index (χ3v) is 4.58. The number of aromatic amines is 1. The Balaban J connectivity index is 1.39. The summed E-state index contributed by atoms with van der Waals surface area (Å²) in [6.45, 7) is 3.63. The monoisotopic (exact) mass is 365 g/mol. The van der Waals surface area contributed by atoms with Gasteiger partial charge in [-0.1, -0.05) is 12.1 Å². The van der Waals surface area contributed by atoms with Crippen LogP contribution in [0.5, 0.6) is 5.75 Å². The molecule has 0 aliphatic carbocycles. The minimum absolute atomic E-state index is 0.161. The summed E-state index contributed by atoms with van der Waals surface area (Å²) in [5.74, 6) is 0.565. The molecule has 1 saturated heterocycles. The number of aromatic nitrogens is 3. The summed E-state index contributed by atoms with van der Waals surface area (Å²) in [4.78, 5) is 39.7. The fourth-order valence-corrected chi connectivity index (χ4v) is 3.09. The summed E-state index contributed by atoms with van der Waals surface area (Å²) < 4.78 is 5.29. The number of imidazole rings is 1. The van der Waals surface area contributed by atoms with Crippen LogP contribution in [0.15, 0.2) is 42.7 Å².